The number of ether oxygens (including phenoxy) is 2. The molecule has 6 nitrogen and oxygen atoms in total. The third-order valence-electron chi connectivity index (χ3n) is 6.07. The lowest BCUT2D eigenvalue weighted by molar-refractivity contribution is -0.141. The maximum absolute atomic E-state index is 9.29. The standard InChI is InChI=1S/C20H28N4O2/c21-15-16-2-1-8-22-19(16)24-9-3-17(4-10-24)23-18-5-11-26-20(14-18)6-12-25-13-7-20/h1-2,8,17-18,23H,3-7,9-14H2. The number of piperidine rings is 1. The molecule has 1 spiro atoms. The molecule has 0 bridgehead atoms. The van der Waals surface area contributed by atoms with E-state index < -0.39 is 0 Å². The van der Waals surface area contributed by atoms with Crippen molar-refractivity contribution in [1.82, 2.24) is 10.3 Å². The quantitative estimate of drug-likeness (QED) is 0.896. The van der Waals surface area contributed by atoms with Gasteiger partial charge in [0, 0.05) is 51.2 Å². The van der Waals surface area contributed by atoms with Gasteiger partial charge in [0.05, 0.1) is 11.2 Å². The summed E-state index contributed by atoms with van der Waals surface area (Å²) < 4.78 is 11.7. The molecule has 1 aromatic rings. The monoisotopic (exact) mass is 356 g/mol. The molecule has 1 aromatic heterocycles. The molecule has 0 aromatic carbocycles. The van der Waals surface area contributed by atoms with Gasteiger partial charge in [0.1, 0.15) is 11.9 Å². The van der Waals surface area contributed by atoms with Crippen LogP contribution in [0.25, 0.3) is 0 Å². The highest BCUT2D eigenvalue weighted by atomic mass is 16.5. The summed E-state index contributed by atoms with van der Waals surface area (Å²) >= 11 is 0. The van der Waals surface area contributed by atoms with Crippen LogP contribution in [0.15, 0.2) is 18.3 Å². The van der Waals surface area contributed by atoms with Crippen molar-refractivity contribution in [2.24, 2.45) is 0 Å². The van der Waals surface area contributed by atoms with E-state index in [2.05, 4.69) is 21.3 Å². The molecule has 3 aliphatic heterocycles. The lowest BCUT2D eigenvalue weighted by Gasteiger charge is -2.45. The highest BCUT2D eigenvalue weighted by Crippen LogP contribution is 2.34. The molecule has 1 N–H and O–H groups in total. The first-order valence-corrected chi connectivity index (χ1v) is 9.86. The summed E-state index contributed by atoms with van der Waals surface area (Å²) in [6.45, 7) is 4.42. The van der Waals surface area contributed by atoms with Crippen LogP contribution in [0.1, 0.15) is 44.1 Å². The van der Waals surface area contributed by atoms with Gasteiger partial charge in [-0.1, -0.05) is 0 Å². The smallest absolute Gasteiger partial charge is 0.146 e. The fourth-order valence-electron chi connectivity index (χ4n) is 4.59. The maximum Gasteiger partial charge on any atom is 0.146 e. The highest BCUT2D eigenvalue weighted by molar-refractivity contribution is 5.53. The second kappa shape index (κ2) is 7.91. The Hall–Kier alpha value is -1.68. The first kappa shape index (κ1) is 17.7. The van der Waals surface area contributed by atoms with Crippen molar-refractivity contribution in [3.63, 3.8) is 0 Å². The number of hydrogen-bond acceptors (Lipinski definition) is 6. The number of nitrogens with one attached hydrogen (secondary N) is 1. The molecule has 1 unspecified atom stereocenters. The number of hydrogen-bond donors (Lipinski definition) is 1. The molecule has 4 rings (SSSR count). The average Bonchev–Trinajstić information content (AvgIpc) is 2.69. The van der Waals surface area contributed by atoms with Gasteiger partial charge in [-0.3, -0.25) is 0 Å². The summed E-state index contributed by atoms with van der Waals surface area (Å²) in [6.07, 6.45) is 8.22. The van der Waals surface area contributed by atoms with E-state index in [1.807, 2.05) is 12.1 Å². The lowest BCUT2D eigenvalue weighted by Crippen LogP contribution is -2.53. The fraction of sp³-hybridized carbons (Fsp3) is 0.700. The topological polar surface area (TPSA) is 70.4 Å². The van der Waals surface area contributed by atoms with Crippen molar-refractivity contribution in [3.05, 3.63) is 23.9 Å². The Morgan fingerprint density at radius 2 is 1.96 bits per heavy atom. The fourth-order valence-corrected chi connectivity index (χ4v) is 4.59. The molecule has 140 valence electrons. The van der Waals surface area contributed by atoms with Gasteiger partial charge in [0.25, 0.3) is 0 Å². The third-order valence-corrected chi connectivity index (χ3v) is 6.07. The zero-order chi connectivity index (χ0) is 17.8. The normalized spacial score (nSPS) is 26.6. The first-order chi connectivity index (χ1) is 12.8. The van der Waals surface area contributed by atoms with E-state index >= 15 is 0 Å². The molecule has 0 aliphatic carbocycles. The van der Waals surface area contributed by atoms with Crippen molar-refractivity contribution < 1.29 is 9.47 Å². The van der Waals surface area contributed by atoms with Crippen LogP contribution < -0.4 is 10.2 Å². The molecule has 0 saturated carbocycles. The Morgan fingerprint density at radius 3 is 2.73 bits per heavy atom. The van der Waals surface area contributed by atoms with Gasteiger partial charge < -0.3 is 19.7 Å². The minimum Gasteiger partial charge on any atom is -0.381 e. The van der Waals surface area contributed by atoms with Gasteiger partial charge in [-0.25, -0.2) is 4.98 Å². The molecule has 1 atom stereocenters. The summed E-state index contributed by atoms with van der Waals surface area (Å²) in [5.41, 5.74) is 0.717. The van der Waals surface area contributed by atoms with Crippen molar-refractivity contribution >= 4 is 5.82 Å². The number of aromatic nitrogens is 1. The van der Waals surface area contributed by atoms with Crippen LogP contribution in [-0.4, -0.2) is 55.6 Å². The van der Waals surface area contributed by atoms with Gasteiger partial charge >= 0.3 is 0 Å². The lowest BCUT2D eigenvalue weighted by atomic mass is 9.83. The number of nitriles is 1. The van der Waals surface area contributed by atoms with Crippen LogP contribution in [0.5, 0.6) is 0 Å². The predicted molar refractivity (Wildman–Crippen MR) is 99.1 cm³/mol. The zero-order valence-electron chi connectivity index (χ0n) is 15.3. The number of anilines is 1. The molecular formula is C20H28N4O2. The van der Waals surface area contributed by atoms with Crippen LogP contribution in [0.2, 0.25) is 0 Å². The van der Waals surface area contributed by atoms with Gasteiger partial charge in [-0.15, -0.1) is 0 Å². The first-order valence-electron chi connectivity index (χ1n) is 9.86. The summed E-state index contributed by atoms with van der Waals surface area (Å²) in [6, 6.07) is 7.02. The number of nitrogens with zero attached hydrogens (tertiary/aromatic N) is 3. The summed E-state index contributed by atoms with van der Waals surface area (Å²) in [5.74, 6) is 0.834. The number of pyridine rings is 1. The Bertz CT molecular complexity index is 640. The molecule has 6 heteroatoms. The highest BCUT2D eigenvalue weighted by Gasteiger charge is 2.39. The minimum atomic E-state index is 0.0462. The van der Waals surface area contributed by atoms with Gasteiger partial charge in [-0.2, -0.15) is 5.26 Å². The van der Waals surface area contributed by atoms with Crippen molar-refractivity contribution in [3.8, 4) is 6.07 Å². The van der Waals surface area contributed by atoms with E-state index in [4.69, 9.17) is 9.47 Å². The minimum absolute atomic E-state index is 0.0462. The van der Waals surface area contributed by atoms with Crippen LogP contribution >= 0.6 is 0 Å². The molecule has 4 heterocycles. The summed E-state index contributed by atoms with van der Waals surface area (Å²) in [5, 5.41) is 13.2. The van der Waals surface area contributed by atoms with Gasteiger partial charge in [0.2, 0.25) is 0 Å². The largest absolute Gasteiger partial charge is 0.381 e. The van der Waals surface area contributed by atoms with Gasteiger partial charge in [0.15, 0.2) is 0 Å². The van der Waals surface area contributed by atoms with E-state index in [1.165, 1.54) is 0 Å². The molecule has 3 saturated heterocycles. The van der Waals surface area contributed by atoms with Gasteiger partial charge in [-0.05, 0) is 50.7 Å². The van der Waals surface area contributed by atoms with Crippen molar-refractivity contribution in [1.29, 1.82) is 5.26 Å². The maximum atomic E-state index is 9.29. The van der Waals surface area contributed by atoms with Crippen LogP contribution in [0.4, 0.5) is 5.82 Å². The predicted octanol–water partition coefficient (Wildman–Crippen LogP) is 2.24. The molecule has 3 fully saturated rings. The summed E-state index contributed by atoms with van der Waals surface area (Å²) in [4.78, 5) is 6.68. The average molecular weight is 356 g/mol. The van der Waals surface area contributed by atoms with E-state index in [-0.39, 0.29) is 5.60 Å². The van der Waals surface area contributed by atoms with Crippen molar-refractivity contribution in [2.45, 2.75) is 56.2 Å². The second-order valence-electron chi connectivity index (χ2n) is 7.75. The number of rotatable bonds is 3. The molecule has 0 amide bonds. The Kier molecular flexibility index (Phi) is 5.39. The molecule has 0 radical (unpaired) electrons. The van der Waals surface area contributed by atoms with E-state index in [9.17, 15) is 5.26 Å². The van der Waals surface area contributed by atoms with E-state index in [1.54, 1.807) is 6.20 Å². The second-order valence-corrected chi connectivity index (χ2v) is 7.75. The Morgan fingerprint density at radius 1 is 1.15 bits per heavy atom. The Balaban J connectivity index is 1.30. The SMILES string of the molecule is N#Cc1cccnc1N1CCC(NC2CCOC3(CCOCC3)C2)CC1. The third kappa shape index (κ3) is 3.85. The molecular weight excluding hydrogens is 328 g/mol. The Labute approximate surface area is 155 Å². The van der Waals surface area contributed by atoms with E-state index in [0.29, 0.717) is 17.6 Å². The zero-order valence-corrected chi connectivity index (χ0v) is 15.3. The van der Waals surface area contributed by atoms with Crippen LogP contribution in [0, 0.1) is 11.3 Å². The summed E-state index contributed by atoms with van der Waals surface area (Å²) in [7, 11) is 0. The van der Waals surface area contributed by atoms with Crippen LogP contribution in [-0.2, 0) is 9.47 Å². The van der Waals surface area contributed by atoms with Crippen molar-refractivity contribution in [2.75, 3.05) is 37.8 Å². The molecule has 26 heavy (non-hydrogen) atoms. The molecule has 3 aliphatic rings. The van der Waals surface area contributed by atoms with Crippen LogP contribution in [0.3, 0.4) is 0 Å². The van der Waals surface area contributed by atoms with E-state index in [0.717, 1.165) is 77.3 Å².